The zero-order valence-corrected chi connectivity index (χ0v) is 14.1. The van der Waals surface area contributed by atoms with E-state index in [0.717, 1.165) is 36.4 Å². The van der Waals surface area contributed by atoms with E-state index < -0.39 is 0 Å². The molecule has 1 atom stereocenters. The topological polar surface area (TPSA) is 55.6 Å². The number of rotatable bonds is 5. The third-order valence-electron chi connectivity index (χ3n) is 4.46. The molecule has 4 heteroatoms. The number of hydrogen-bond acceptors (Lipinski definition) is 3. The van der Waals surface area contributed by atoms with Crippen LogP contribution in [0.4, 0.5) is 5.69 Å². The summed E-state index contributed by atoms with van der Waals surface area (Å²) < 4.78 is 5.90. The van der Waals surface area contributed by atoms with Gasteiger partial charge < -0.3 is 15.4 Å². The number of anilines is 1. The predicted octanol–water partition coefficient (Wildman–Crippen LogP) is 3.14. The molecule has 2 aromatic carbocycles. The van der Waals surface area contributed by atoms with Crippen molar-refractivity contribution in [3.63, 3.8) is 0 Å². The highest BCUT2D eigenvalue weighted by Crippen LogP contribution is 2.31. The quantitative estimate of drug-likeness (QED) is 0.919. The van der Waals surface area contributed by atoms with E-state index in [0.29, 0.717) is 13.2 Å². The Kier molecular flexibility index (Phi) is 5.16. The van der Waals surface area contributed by atoms with Crippen LogP contribution in [-0.2, 0) is 17.8 Å². The molecule has 2 N–H and O–H groups in total. The lowest BCUT2D eigenvalue weighted by atomic mass is 9.99. The lowest BCUT2D eigenvalue weighted by molar-refractivity contribution is -0.121. The summed E-state index contributed by atoms with van der Waals surface area (Å²) in [6, 6.07) is 16.1. The van der Waals surface area contributed by atoms with Gasteiger partial charge in [-0.25, -0.2) is 0 Å². The molecule has 1 amide bonds. The van der Waals surface area contributed by atoms with Gasteiger partial charge >= 0.3 is 0 Å². The molecular weight excluding hydrogens is 300 g/mol. The monoisotopic (exact) mass is 324 g/mol. The largest absolute Gasteiger partial charge is 0.489 e. The summed E-state index contributed by atoms with van der Waals surface area (Å²) in [5.74, 6) is 0.806. The Morgan fingerprint density at radius 3 is 2.79 bits per heavy atom. The maximum atomic E-state index is 12.5. The third kappa shape index (κ3) is 3.60. The fourth-order valence-corrected chi connectivity index (χ4v) is 3.00. The van der Waals surface area contributed by atoms with Crippen LogP contribution in [0.15, 0.2) is 48.5 Å². The minimum absolute atomic E-state index is 0.108. The van der Waals surface area contributed by atoms with Crippen molar-refractivity contribution in [3.8, 4) is 5.75 Å². The maximum absolute atomic E-state index is 12.5. The van der Waals surface area contributed by atoms with Crippen LogP contribution in [0.3, 0.4) is 0 Å². The summed E-state index contributed by atoms with van der Waals surface area (Å²) in [6.45, 7) is 3.57. The second kappa shape index (κ2) is 7.49. The number of fused-ring (bicyclic) bond motifs is 1. The molecule has 1 aliphatic heterocycles. The van der Waals surface area contributed by atoms with Gasteiger partial charge in [-0.3, -0.25) is 4.79 Å². The van der Waals surface area contributed by atoms with Gasteiger partial charge in [0, 0.05) is 24.7 Å². The van der Waals surface area contributed by atoms with Gasteiger partial charge in [-0.05, 0) is 42.2 Å². The highest BCUT2D eigenvalue weighted by atomic mass is 16.5. The molecule has 2 aromatic rings. The molecule has 1 heterocycles. The predicted molar refractivity (Wildman–Crippen MR) is 96.1 cm³/mol. The zero-order chi connectivity index (χ0) is 16.9. The number of nitrogens with two attached hydrogens (primary N) is 1. The minimum Gasteiger partial charge on any atom is -0.489 e. The summed E-state index contributed by atoms with van der Waals surface area (Å²) in [6.07, 6.45) is 1.94. The van der Waals surface area contributed by atoms with E-state index in [9.17, 15) is 4.79 Å². The van der Waals surface area contributed by atoms with Gasteiger partial charge in [-0.2, -0.15) is 0 Å². The summed E-state index contributed by atoms with van der Waals surface area (Å²) in [4.78, 5) is 14.4. The molecule has 0 saturated carbocycles. The molecule has 24 heavy (non-hydrogen) atoms. The molecule has 1 unspecified atom stereocenters. The van der Waals surface area contributed by atoms with Crippen LogP contribution in [0.5, 0.6) is 5.75 Å². The van der Waals surface area contributed by atoms with Gasteiger partial charge in [0.25, 0.3) is 0 Å². The van der Waals surface area contributed by atoms with E-state index in [4.69, 9.17) is 10.5 Å². The van der Waals surface area contributed by atoms with Crippen LogP contribution in [-0.4, -0.2) is 19.0 Å². The number of amides is 1. The van der Waals surface area contributed by atoms with Crippen molar-refractivity contribution in [1.82, 2.24) is 0 Å². The highest BCUT2D eigenvalue weighted by Gasteiger charge is 2.25. The van der Waals surface area contributed by atoms with E-state index in [1.807, 2.05) is 54.3 Å². The van der Waals surface area contributed by atoms with Crippen molar-refractivity contribution in [2.45, 2.75) is 26.4 Å². The SMILES string of the molecule is CC(CN)C(=O)N1CCCc2cc(OCc3ccccc3)ccc21. The van der Waals surface area contributed by atoms with Crippen molar-refractivity contribution < 1.29 is 9.53 Å². The average molecular weight is 324 g/mol. The summed E-state index contributed by atoms with van der Waals surface area (Å²) in [5.41, 5.74) is 8.96. The van der Waals surface area contributed by atoms with Crippen molar-refractivity contribution in [2.24, 2.45) is 11.7 Å². The smallest absolute Gasteiger partial charge is 0.231 e. The lowest BCUT2D eigenvalue weighted by Gasteiger charge is -2.31. The molecule has 0 aliphatic carbocycles. The minimum atomic E-state index is -0.148. The van der Waals surface area contributed by atoms with Crippen LogP contribution in [0.2, 0.25) is 0 Å². The maximum Gasteiger partial charge on any atom is 0.231 e. The molecule has 0 saturated heterocycles. The van der Waals surface area contributed by atoms with Gasteiger partial charge in [0.2, 0.25) is 5.91 Å². The van der Waals surface area contributed by atoms with Gasteiger partial charge in [-0.15, -0.1) is 0 Å². The zero-order valence-electron chi connectivity index (χ0n) is 14.1. The van der Waals surface area contributed by atoms with Crippen LogP contribution >= 0.6 is 0 Å². The lowest BCUT2D eigenvalue weighted by Crippen LogP contribution is -2.41. The van der Waals surface area contributed by atoms with Crippen molar-refractivity contribution in [2.75, 3.05) is 18.0 Å². The molecule has 4 nitrogen and oxygen atoms in total. The number of nitrogens with zero attached hydrogens (tertiary/aromatic N) is 1. The number of carbonyl (C=O) groups is 1. The Balaban J connectivity index is 1.74. The first-order chi connectivity index (χ1) is 11.7. The highest BCUT2D eigenvalue weighted by molar-refractivity contribution is 5.96. The van der Waals surface area contributed by atoms with E-state index in [1.165, 1.54) is 5.56 Å². The van der Waals surface area contributed by atoms with Crippen molar-refractivity contribution in [3.05, 3.63) is 59.7 Å². The van der Waals surface area contributed by atoms with Gasteiger partial charge in [0.1, 0.15) is 12.4 Å². The Morgan fingerprint density at radius 1 is 1.25 bits per heavy atom. The summed E-state index contributed by atoms with van der Waals surface area (Å²) in [5, 5.41) is 0. The molecular formula is C20H24N2O2. The second-order valence-corrected chi connectivity index (χ2v) is 6.29. The molecule has 1 aliphatic rings. The Hall–Kier alpha value is -2.33. The van der Waals surface area contributed by atoms with E-state index in [2.05, 4.69) is 6.07 Å². The van der Waals surface area contributed by atoms with Crippen molar-refractivity contribution in [1.29, 1.82) is 0 Å². The molecule has 0 aromatic heterocycles. The first-order valence-corrected chi connectivity index (χ1v) is 8.50. The van der Waals surface area contributed by atoms with Gasteiger partial charge in [0.05, 0.1) is 0 Å². The average Bonchev–Trinajstić information content (AvgIpc) is 2.65. The molecule has 3 rings (SSSR count). The molecule has 0 fully saturated rings. The van der Waals surface area contributed by atoms with Crippen LogP contribution in [0.1, 0.15) is 24.5 Å². The van der Waals surface area contributed by atoms with Crippen LogP contribution in [0, 0.1) is 5.92 Å². The number of hydrogen-bond donors (Lipinski definition) is 1. The standard InChI is InChI=1S/C20H24N2O2/c1-15(13-21)20(23)22-11-5-8-17-12-18(9-10-19(17)22)24-14-16-6-3-2-4-7-16/h2-4,6-7,9-10,12,15H,5,8,11,13-14,21H2,1H3. The van der Waals surface area contributed by atoms with Crippen molar-refractivity contribution >= 4 is 11.6 Å². The molecule has 0 bridgehead atoms. The number of ether oxygens (including phenoxy) is 1. The van der Waals surface area contributed by atoms with E-state index in [1.54, 1.807) is 0 Å². The fourth-order valence-electron chi connectivity index (χ4n) is 3.00. The van der Waals surface area contributed by atoms with E-state index >= 15 is 0 Å². The van der Waals surface area contributed by atoms with Gasteiger partial charge in [-0.1, -0.05) is 37.3 Å². The Bertz CT molecular complexity index is 700. The first-order valence-electron chi connectivity index (χ1n) is 8.50. The first kappa shape index (κ1) is 16.5. The third-order valence-corrected chi connectivity index (χ3v) is 4.46. The van der Waals surface area contributed by atoms with Crippen LogP contribution in [0.25, 0.3) is 0 Å². The number of carbonyl (C=O) groups excluding carboxylic acids is 1. The Labute approximate surface area is 143 Å². The molecule has 0 radical (unpaired) electrons. The fraction of sp³-hybridized carbons (Fsp3) is 0.350. The van der Waals surface area contributed by atoms with Crippen LogP contribution < -0.4 is 15.4 Å². The normalized spacial score (nSPS) is 14.8. The molecule has 0 spiro atoms. The number of benzene rings is 2. The Morgan fingerprint density at radius 2 is 2.04 bits per heavy atom. The van der Waals surface area contributed by atoms with E-state index in [-0.39, 0.29) is 11.8 Å². The molecule has 126 valence electrons. The summed E-state index contributed by atoms with van der Waals surface area (Å²) >= 11 is 0. The summed E-state index contributed by atoms with van der Waals surface area (Å²) in [7, 11) is 0. The van der Waals surface area contributed by atoms with Gasteiger partial charge in [0.15, 0.2) is 0 Å². The number of aryl methyl sites for hydroxylation is 1. The second-order valence-electron chi connectivity index (χ2n) is 6.29.